The van der Waals surface area contributed by atoms with E-state index in [1.807, 2.05) is 30.8 Å². The minimum Gasteiger partial charge on any atom is -0.496 e. The Morgan fingerprint density at radius 3 is 2.83 bits per heavy atom. The molecule has 4 heteroatoms. The largest absolute Gasteiger partial charge is 0.496 e. The zero-order chi connectivity index (χ0) is 13.1. The van der Waals surface area contributed by atoms with Gasteiger partial charge in [0.2, 0.25) is 0 Å². The first-order chi connectivity index (χ1) is 8.65. The lowest BCUT2D eigenvalue weighted by Crippen LogP contribution is -2.32. The van der Waals surface area contributed by atoms with Crippen LogP contribution in [0.4, 0.5) is 5.69 Å². The fourth-order valence-corrected chi connectivity index (χ4v) is 3.77. The molecule has 1 aliphatic heterocycles. The molecule has 0 spiro atoms. The minimum atomic E-state index is -0.0207. The summed E-state index contributed by atoms with van der Waals surface area (Å²) in [6.45, 7) is 2.01. The van der Waals surface area contributed by atoms with Crippen LogP contribution in [0.5, 0.6) is 5.75 Å². The van der Waals surface area contributed by atoms with Gasteiger partial charge in [0.25, 0.3) is 0 Å². The quantitative estimate of drug-likeness (QED) is 0.909. The Morgan fingerprint density at radius 1 is 1.50 bits per heavy atom. The first kappa shape index (κ1) is 13.6. The maximum atomic E-state index is 6.12. The summed E-state index contributed by atoms with van der Waals surface area (Å²) in [6, 6.07) is 6.76. The van der Waals surface area contributed by atoms with Gasteiger partial charge < -0.3 is 15.4 Å². The molecule has 0 saturated carbocycles. The lowest BCUT2D eigenvalue weighted by atomic mass is 10.0. The standard InChI is InChI=1S/C14H22N2OS/c1-10(15)14-12(5-4-6-13(14)17-3)16(2)11-7-8-18-9-11/h4-6,10-11H,7-9,15H2,1-3H3/t10-,11?/m0/s1. The van der Waals surface area contributed by atoms with Gasteiger partial charge in [0, 0.05) is 36.1 Å². The first-order valence-corrected chi connectivity index (χ1v) is 7.53. The molecular weight excluding hydrogens is 244 g/mol. The maximum absolute atomic E-state index is 6.12. The summed E-state index contributed by atoms with van der Waals surface area (Å²) in [6.07, 6.45) is 1.25. The van der Waals surface area contributed by atoms with Gasteiger partial charge in [-0.3, -0.25) is 0 Å². The zero-order valence-electron chi connectivity index (χ0n) is 11.3. The van der Waals surface area contributed by atoms with E-state index in [2.05, 4.69) is 18.0 Å². The summed E-state index contributed by atoms with van der Waals surface area (Å²) in [5.41, 5.74) is 8.43. The van der Waals surface area contributed by atoms with Crippen LogP contribution in [0.15, 0.2) is 18.2 Å². The van der Waals surface area contributed by atoms with Crippen LogP contribution in [0.2, 0.25) is 0 Å². The predicted octanol–water partition coefficient (Wildman–Crippen LogP) is 2.66. The molecule has 1 aromatic rings. The Labute approximate surface area is 114 Å². The Bertz CT molecular complexity index is 403. The minimum absolute atomic E-state index is 0.0207. The second-order valence-corrected chi connectivity index (χ2v) is 5.96. The number of nitrogens with two attached hydrogens (primary N) is 1. The smallest absolute Gasteiger partial charge is 0.125 e. The average molecular weight is 266 g/mol. The summed E-state index contributed by atoms with van der Waals surface area (Å²) in [4.78, 5) is 2.36. The van der Waals surface area contributed by atoms with Gasteiger partial charge in [-0.2, -0.15) is 11.8 Å². The van der Waals surface area contributed by atoms with Gasteiger partial charge in [0.15, 0.2) is 0 Å². The van der Waals surface area contributed by atoms with Gasteiger partial charge in [-0.25, -0.2) is 0 Å². The van der Waals surface area contributed by atoms with Crippen molar-refractivity contribution in [3.05, 3.63) is 23.8 Å². The molecule has 2 N–H and O–H groups in total. The summed E-state index contributed by atoms with van der Waals surface area (Å²) >= 11 is 2.03. The van der Waals surface area contributed by atoms with E-state index in [-0.39, 0.29) is 6.04 Å². The van der Waals surface area contributed by atoms with Gasteiger partial charge in [-0.1, -0.05) is 6.07 Å². The SMILES string of the molecule is COc1cccc(N(C)C2CCSC2)c1[C@H](C)N. The number of thioether (sulfide) groups is 1. The van der Waals surface area contributed by atoms with Crippen LogP contribution in [0.25, 0.3) is 0 Å². The topological polar surface area (TPSA) is 38.5 Å². The Kier molecular flexibility index (Phi) is 4.40. The van der Waals surface area contributed by atoms with Crippen molar-refractivity contribution in [3.63, 3.8) is 0 Å². The second-order valence-electron chi connectivity index (χ2n) is 4.81. The van der Waals surface area contributed by atoms with Crippen LogP contribution in [0, 0.1) is 0 Å². The number of benzene rings is 1. The molecule has 0 aliphatic carbocycles. The number of methoxy groups -OCH3 is 1. The van der Waals surface area contributed by atoms with Crippen LogP contribution >= 0.6 is 11.8 Å². The van der Waals surface area contributed by atoms with E-state index < -0.39 is 0 Å². The van der Waals surface area contributed by atoms with Gasteiger partial charge in [-0.15, -0.1) is 0 Å². The molecule has 1 unspecified atom stereocenters. The third-order valence-corrected chi connectivity index (χ3v) is 4.70. The van der Waals surface area contributed by atoms with Crippen LogP contribution < -0.4 is 15.4 Å². The molecule has 0 aromatic heterocycles. The van der Waals surface area contributed by atoms with Gasteiger partial charge >= 0.3 is 0 Å². The Morgan fingerprint density at radius 2 is 2.28 bits per heavy atom. The zero-order valence-corrected chi connectivity index (χ0v) is 12.2. The molecule has 1 aromatic carbocycles. The molecule has 2 atom stereocenters. The van der Waals surface area contributed by atoms with Crippen LogP contribution in [-0.4, -0.2) is 31.7 Å². The number of ether oxygens (including phenoxy) is 1. The fourth-order valence-electron chi connectivity index (χ4n) is 2.50. The molecule has 1 heterocycles. The van der Waals surface area contributed by atoms with Crippen molar-refractivity contribution in [2.45, 2.75) is 25.4 Å². The fraction of sp³-hybridized carbons (Fsp3) is 0.571. The molecule has 100 valence electrons. The van der Waals surface area contributed by atoms with Crippen LogP contribution in [0.3, 0.4) is 0 Å². The molecule has 0 amide bonds. The van der Waals surface area contributed by atoms with Crippen molar-refractivity contribution < 1.29 is 4.74 Å². The highest BCUT2D eigenvalue weighted by Gasteiger charge is 2.24. The molecule has 1 aliphatic rings. The predicted molar refractivity (Wildman–Crippen MR) is 79.7 cm³/mol. The molecular formula is C14H22N2OS. The van der Waals surface area contributed by atoms with Crippen molar-refractivity contribution in [2.24, 2.45) is 5.73 Å². The molecule has 1 fully saturated rings. The normalized spacial score (nSPS) is 20.8. The summed E-state index contributed by atoms with van der Waals surface area (Å²) < 4.78 is 5.45. The maximum Gasteiger partial charge on any atom is 0.125 e. The van der Waals surface area contributed by atoms with Crippen molar-refractivity contribution in [2.75, 3.05) is 30.6 Å². The number of hydrogen-bond acceptors (Lipinski definition) is 4. The van der Waals surface area contributed by atoms with E-state index in [9.17, 15) is 0 Å². The van der Waals surface area contributed by atoms with E-state index in [0.717, 1.165) is 11.3 Å². The van der Waals surface area contributed by atoms with E-state index in [0.29, 0.717) is 6.04 Å². The lowest BCUT2D eigenvalue weighted by molar-refractivity contribution is 0.407. The number of hydrogen-bond donors (Lipinski definition) is 1. The first-order valence-electron chi connectivity index (χ1n) is 6.38. The van der Waals surface area contributed by atoms with Crippen molar-refractivity contribution >= 4 is 17.4 Å². The molecule has 0 radical (unpaired) electrons. The highest BCUT2D eigenvalue weighted by atomic mass is 32.2. The molecule has 1 saturated heterocycles. The summed E-state index contributed by atoms with van der Waals surface area (Å²) in [5, 5.41) is 0. The van der Waals surface area contributed by atoms with Crippen LogP contribution in [-0.2, 0) is 0 Å². The van der Waals surface area contributed by atoms with Crippen LogP contribution in [0.1, 0.15) is 24.9 Å². The van der Waals surface area contributed by atoms with Crippen molar-refractivity contribution in [1.82, 2.24) is 0 Å². The van der Waals surface area contributed by atoms with E-state index in [4.69, 9.17) is 10.5 Å². The number of rotatable bonds is 4. The Balaban J connectivity index is 2.36. The average Bonchev–Trinajstić information content (AvgIpc) is 2.90. The summed E-state index contributed by atoms with van der Waals surface area (Å²) in [7, 11) is 3.87. The number of nitrogens with zero attached hydrogens (tertiary/aromatic N) is 1. The third kappa shape index (κ3) is 2.59. The highest BCUT2D eigenvalue weighted by Crippen LogP contribution is 2.35. The molecule has 18 heavy (non-hydrogen) atoms. The van der Waals surface area contributed by atoms with E-state index in [1.165, 1.54) is 23.6 Å². The lowest BCUT2D eigenvalue weighted by Gasteiger charge is -2.30. The third-order valence-electron chi connectivity index (χ3n) is 3.55. The van der Waals surface area contributed by atoms with Gasteiger partial charge in [-0.05, 0) is 31.2 Å². The second kappa shape index (κ2) is 5.85. The van der Waals surface area contributed by atoms with E-state index >= 15 is 0 Å². The molecule has 2 rings (SSSR count). The van der Waals surface area contributed by atoms with E-state index in [1.54, 1.807) is 7.11 Å². The van der Waals surface area contributed by atoms with Gasteiger partial charge in [0.1, 0.15) is 5.75 Å². The monoisotopic (exact) mass is 266 g/mol. The van der Waals surface area contributed by atoms with Crippen molar-refractivity contribution in [3.8, 4) is 5.75 Å². The molecule has 0 bridgehead atoms. The van der Waals surface area contributed by atoms with Gasteiger partial charge in [0.05, 0.1) is 7.11 Å². The summed E-state index contributed by atoms with van der Waals surface area (Å²) in [5.74, 6) is 3.35. The molecule has 3 nitrogen and oxygen atoms in total. The Hall–Kier alpha value is -0.870. The van der Waals surface area contributed by atoms with Crippen molar-refractivity contribution in [1.29, 1.82) is 0 Å². The highest BCUT2D eigenvalue weighted by molar-refractivity contribution is 7.99. The number of anilines is 1.